The van der Waals surface area contributed by atoms with Crippen LogP contribution in [0.5, 0.6) is 0 Å². The van der Waals surface area contributed by atoms with E-state index in [2.05, 4.69) is 10.3 Å². The molecule has 2 aromatic rings. The Balaban J connectivity index is 1.60. The molecule has 19 heavy (non-hydrogen) atoms. The maximum atomic E-state index is 13.0. The Morgan fingerprint density at radius 3 is 2.74 bits per heavy atom. The lowest BCUT2D eigenvalue weighted by Gasteiger charge is -2.18. The van der Waals surface area contributed by atoms with Crippen molar-refractivity contribution >= 4 is 11.3 Å². The second-order valence-electron chi connectivity index (χ2n) is 5.00. The van der Waals surface area contributed by atoms with Crippen LogP contribution in [0, 0.1) is 11.7 Å². The van der Waals surface area contributed by atoms with Gasteiger partial charge in [0.15, 0.2) is 0 Å². The minimum Gasteiger partial charge on any atom is -0.309 e. The molecule has 1 saturated carbocycles. The zero-order chi connectivity index (χ0) is 13.1. The summed E-state index contributed by atoms with van der Waals surface area (Å²) in [5.41, 5.74) is 1.20. The van der Waals surface area contributed by atoms with Gasteiger partial charge in [-0.25, -0.2) is 9.37 Å². The summed E-state index contributed by atoms with van der Waals surface area (Å²) in [4.78, 5) is 4.29. The number of hydrogen-bond acceptors (Lipinski definition) is 3. The minimum absolute atomic E-state index is 0.166. The molecule has 100 valence electrons. The molecule has 3 rings (SSSR count). The second kappa shape index (κ2) is 5.80. The van der Waals surface area contributed by atoms with Crippen LogP contribution in [0.3, 0.4) is 0 Å². The van der Waals surface area contributed by atoms with Crippen molar-refractivity contribution < 1.29 is 4.39 Å². The maximum absolute atomic E-state index is 13.0. The summed E-state index contributed by atoms with van der Waals surface area (Å²) in [5, 5.41) is 6.78. The Bertz CT molecular complexity index is 505. The van der Waals surface area contributed by atoms with E-state index in [0.29, 0.717) is 12.0 Å². The molecule has 1 aromatic heterocycles. The summed E-state index contributed by atoms with van der Waals surface area (Å²) < 4.78 is 13.0. The first-order valence-electron chi connectivity index (χ1n) is 6.70. The molecule has 2 nitrogen and oxygen atoms in total. The molecule has 1 N–H and O–H groups in total. The van der Waals surface area contributed by atoms with Crippen molar-refractivity contribution in [3.63, 3.8) is 0 Å². The lowest BCUT2D eigenvalue weighted by Crippen LogP contribution is -2.25. The number of rotatable bonds is 6. The van der Waals surface area contributed by atoms with Crippen LogP contribution in [0.25, 0.3) is 0 Å². The number of nitrogens with zero attached hydrogens (tertiary/aromatic N) is 1. The normalized spacial score (nSPS) is 16.5. The number of thiazole rings is 1. The van der Waals surface area contributed by atoms with E-state index in [-0.39, 0.29) is 5.82 Å². The molecule has 1 atom stereocenters. The van der Waals surface area contributed by atoms with Crippen molar-refractivity contribution in [1.29, 1.82) is 0 Å². The van der Waals surface area contributed by atoms with E-state index in [9.17, 15) is 4.39 Å². The van der Waals surface area contributed by atoms with Crippen molar-refractivity contribution in [1.82, 2.24) is 10.3 Å². The van der Waals surface area contributed by atoms with E-state index in [1.807, 2.05) is 23.7 Å². The highest BCUT2D eigenvalue weighted by Gasteiger charge is 2.31. The van der Waals surface area contributed by atoms with Gasteiger partial charge < -0.3 is 5.32 Å². The molecule has 4 heteroatoms. The summed E-state index contributed by atoms with van der Waals surface area (Å²) in [7, 11) is 0. The number of aromatic nitrogens is 1. The summed E-state index contributed by atoms with van der Waals surface area (Å²) in [6, 6.07) is 7.25. The zero-order valence-corrected chi connectivity index (χ0v) is 11.5. The lowest BCUT2D eigenvalue weighted by molar-refractivity contribution is 0.483. The standard InChI is InChI=1S/C15H17FN2S/c16-13-5-3-12(4-6-13)15(11-1-2-11)18-8-7-14-17-9-10-19-14/h3-6,9-11,15,18H,1-2,7-8H2. The van der Waals surface area contributed by atoms with Crippen LogP contribution in [0.1, 0.15) is 29.5 Å². The SMILES string of the molecule is Fc1ccc(C(NCCc2nccs2)C2CC2)cc1. The summed E-state index contributed by atoms with van der Waals surface area (Å²) >= 11 is 1.70. The van der Waals surface area contributed by atoms with Gasteiger partial charge in [0.1, 0.15) is 5.82 Å². The minimum atomic E-state index is -0.166. The quantitative estimate of drug-likeness (QED) is 0.872. The topological polar surface area (TPSA) is 24.9 Å². The van der Waals surface area contributed by atoms with Crippen LogP contribution in [-0.4, -0.2) is 11.5 Å². The monoisotopic (exact) mass is 276 g/mol. The van der Waals surface area contributed by atoms with Gasteiger partial charge in [0.2, 0.25) is 0 Å². The average molecular weight is 276 g/mol. The Morgan fingerprint density at radius 2 is 2.11 bits per heavy atom. The fraction of sp³-hybridized carbons (Fsp3) is 0.400. The van der Waals surface area contributed by atoms with Crippen LogP contribution < -0.4 is 5.32 Å². The Kier molecular flexibility index (Phi) is 3.89. The second-order valence-corrected chi connectivity index (χ2v) is 5.98. The van der Waals surface area contributed by atoms with Crippen LogP contribution in [0.15, 0.2) is 35.8 Å². The largest absolute Gasteiger partial charge is 0.309 e. The molecule has 0 amide bonds. The van der Waals surface area contributed by atoms with Gasteiger partial charge in [0.25, 0.3) is 0 Å². The maximum Gasteiger partial charge on any atom is 0.123 e. The van der Waals surface area contributed by atoms with Crippen molar-refractivity contribution in [2.45, 2.75) is 25.3 Å². The lowest BCUT2D eigenvalue weighted by atomic mass is 10.0. The summed E-state index contributed by atoms with van der Waals surface area (Å²) in [5.74, 6) is 0.544. The van der Waals surface area contributed by atoms with Crippen LogP contribution in [0.4, 0.5) is 4.39 Å². The van der Waals surface area contributed by atoms with Gasteiger partial charge in [0.05, 0.1) is 5.01 Å². The smallest absolute Gasteiger partial charge is 0.123 e. The van der Waals surface area contributed by atoms with E-state index in [0.717, 1.165) is 13.0 Å². The van der Waals surface area contributed by atoms with Crippen molar-refractivity contribution in [2.75, 3.05) is 6.54 Å². The summed E-state index contributed by atoms with van der Waals surface area (Å²) in [6.07, 6.45) is 5.35. The molecule has 1 unspecified atom stereocenters. The van der Waals surface area contributed by atoms with Crippen LogP contribution >= 0.6 is 11.3 Å². The van der Waals surface area contributed by atoms with Gasteiger partial charge >= 0.3 is 0 Å². The first kappa shape index (κ1) is 12.8. The van der Waals surface area contributed by atoms with Gasteiger partial charge in [-0.15, -0.1) is 11.3 Å². The number of nitrogens with one attached hydrogen (secondary N) is 1. The summed E-state index contributed by atoms with van der Waals surface area (Å²) in [6.45, 7) is 0.923. The average Bonchev–Trinajstić information content (AvgIpc) is 3.13. The van der Waals surface area contributed by atoms with Crippen molar-refractivity contribution in [3.8, 4) is 0 Å². The zero-order valence-electron chi connectivity index (χ0n) is 10.7. The fourth-order valence-electron chi connectivity index (χ4n) is 2.37. The van der Waals surface area contributed by atoms with Gasteiger partial charge in [-0.1, -0.05) is 12.1 Å². The molecule has 0 spiro atoms. The Labute approximate surface area is 116 Å². The predicted octanol–water partition coefficient (Wildman–Crippen LogP) is 3.57. The van der Waals surface area contributed by atoms with E-state index in [1.54, 1.807) is 23.5 Å². The number of benzene rings is 1. The number of halogens is 1. The first-order chi connectivity index (χ1) is 9.33. The highest BCUT2D eigenvalue weighted by atomic mass is 32.1. The molecule has 0 bridgehead atoms. The molecule has 1 heterocycles. The van der Waals surface area contributed by atoms with E-state index in [4.69, 9.17) is 0 Å². The molecule has 0 radical (unpaired) electrons. The molecule has 1 aromatic carbocycles. The molecule has 1 fully saturated rings. The Morgan fingerprint density at radius 1 is 1.32 bits per heavy atom. The van der Waals surface area contributed by atoms with Crippen molar-refractivity contribution in [2.24, 2.45) is 5.92 Å². The van der Waals surface area contributed by atoms with Gasteiger partial charge in [-0.3, -0.25) is 0 Å². The van der Waals surface area contributed by atoms with Gasteiger partial charge in [0, 0.05) is 30.6 Å². The third kappa shape index (κ3) is 3.39. The van der Waals surface area contributed by atoms with Crippen LogP contribution in [0.2, 0.25) is 0 Å². The van der Waals surface area contributed by atoms with E-state index < -0.39 is 0 Å². The third-order valence-corrected chi connectivity index (χ3v) is 4.35. The van der Waals surface area contributed by atoms with Gasteiger partial charge in [-0.2, -0.15) is 0 Å². The molecule has 0 saturated heterocycles. The molecule has 1 aliphatic rings. The van der Waals surface area contributed by atoms with Crippen LogP contribution in [-0.2, 0) is 6.42 Å². The molecular formula is C15H17FN2S. The van der Waals surface area contributed by atoms with E-state index >= 15 is 0 Å². The number of hydrogen-bond donors (Lipinski definition) is 1. The fourth-order valence-corrected chi connectivity index (χ4v) is 2.99. The molecule has 0 aliphatic heterocycles. The van der Waals surface area contributed by atoms with Crippen molar-refractivity contribution in [3.05, 3.63) is 52.2 Å². The predicted molar refractivity (Wildman–Crippen MR) is 75.7 cm³/mol. The Hall–Kier alpha value is -1.26. The van der Waals surface area contributed by atoms with E-state index in [1.165, 1.54) is 23.4 Å². The highest BCUT2D eigenvalue weighted by Crippen LogP contribution is 2.40. The third-order valence-electron chi connectivity index (χ3n) is 3.51. The molecular weight excluding hydrogens is 259 g/mol. The van der Waals surface area contributed by atoms with Gasteiger partial charge in [-0.05, 0) is 36.5 Å². The highest BCUT2D eigenvalue weighted by molar-refractivity contribution is 7.09. The first-order valence-corrected chi connectivity index (χ1v) is 7.58. The molecule has 1 aliphatic carbocycles.